The topological polar surface area (TPSA) is 52.3 Å². The largest absolute Gasteiger partial charge is 0.486 e. The SMILES string of the molecule is Cc1cc(OC(CC(C)C)c2ccc(C(N)=O)cc2)ccc1-c1ccc(C(C)C)cc1. The van der Waals surface area contributed by atoms with E-state index in [1.807, 2.05) is 18.2 Å². The highest BCUT2D eigenvalue weighted by Crippen LogP contribution is 2.32. The van der Waals surface area contributed by atoms with Crippen LogP contribution in [0.15, 0.2) is 66.7 Å². The van der Waals surface area contributed by atoms with Crippen molar-refractivity contribution in [3.63, 3.8) is 0 Å². The zero-order chi connectivity index (χ0) is 22.5. The number of aryl methyl sites for hydroxylation is 1. The van der Waals surface area contributed by atoms with Gasteiger partial charge in [-0.3, -0.25) is 4.79 Å². The minimum absolute atomic E-state index is 0.0856. The standard InChI is InChI=1S/C28H33NO2/c1-18(2)16-27(23-10-12-24(13-11-23)28(29)30)31-25-14-15-26(20(5)17-25)22-8-6-21(7-9-22)19(3)4/h6-15,17-19,27H,16H2,1-5H3,(H2,29,30). The zero-order valence-corrected chi connectivity index (χ0v) is 19.2. The van der Waals surface area contributed by atoms with Crippen LogP contribution in [0.5, 0.6) is 5.75 Å². The normalized spacial score (nSPS) is 12.2. The summed E-state index contributed by atoms with van der Waals surface area (Å²) < 4.78 is 6.42. The number of hydrogen-bond donors (Lipinski definition) is 1. The van der Waals surface area contributed by atoms with Crippen molar-refractivity contribution in [1.82, 2.24) is 0 Å². The molecule has 0 bridgehead atoms. The van der Waals surface area contributed by atoms with Crippen molar-refractivity contribution >= 4 is 5.91 Å². The second-order valence-electron chi connectivity index (χ2n) is 8.98. The molecule has 0 spiro atoms. The first-order chi connectivity index (χ1) is 14.7. The minimum Gasteiger partial charge on any atom is -0.486 e. The first kappa shape index (κ1) is 22.6. The van der Waals surface area contributed by atoms with Gasteiger partial charge in [0.05, 0.1) is 0 Å². The first-order valence-electron chi connectivity index (χ1n) is 11.0. The summed E-state index contributed by atoms with van der Waals surface area (Å²) in [5.74, 6) is 1.44. The third-order valence-corrected chi connectivity index (χ3v) is 5.62. The van der Waals surface area contributed by atoms with Crippen LogP contribution in [0.1, 0.15) is 73.2 Å². The van der Waals surface area contributed by atoms with E-state index < -0.39 is 5.91 Å². The van der Waals surface area contributed by atoms with Gasteiger partial charge in [0.15, 0.2) is 0 Å². The van der Waals surface area contributed by atoms with Crippen LogP contribution in [0.25, 0.3) is 11.1 Å². The Labute approximate surface area is 186 Å². The fraction of sp³-hybridized carbons (Fsp3) is 0.321. The van der Waals surface area contributed by atoms with Crippen molar-refractivity contribution in [2.24, 2.45) is 11.7 Å². The summed E-state index contributed by atoms with van der Waals surface area (Å²) in [6.07, 6.45) is 0.797. The van der Waals surface area contributed by atoms with Gasteiger partial charge < -0.3 is 10.5 Å². The Morgan fingerprint density at radius 1 is 0.871 bits per heavy atom. The average Bonchev–Trinajstić information content (AvgIpc) is 2.73. The molecule has 162 valence electrons. The number of rotatable bonds is 8. The Morgan fingerprint density at radius 3 is 2.00 bits per heavy atom. The van der Waals surface area contributed by atoms with E-state index >= 15 is 0 Å². The Balaban J connectivity index is 1.83. The van der Waals surface area contributed by atoms with E-state index in [4.69, 9.17) is 10.5 Å². The number of hydrogen-bond acceptors (Lipinski definition) is 2. The maximum absolute atomic E-state index is 11.4. The number of ether oxygens (including phenoxy) is 1. The highest BCUT2D eigenvalue weighted by molar-refractivity contribution is 5.92. The molecule has 0 aliphatic rings. The van der Waals surface area contributed by atoms with E-state index in [1.54, 1.807) is 12.1 Å². The second kappa shape index (κ2) is 9.82. The molecule has 3 aromatic rings. The van der Waals surface area contributed by atoms with E-state index in [-0.39, 0.29) is 6.10 Å². The summed E-state index contributed by atoms with van der Waals surface area (Å²) in [7, 11) is 0. The molecule has 0 radical (unpaired) electrons. The van der Waals surface area contributed by atoms with E-state index in [0.29, 0.717) is 17.4 Å². The lowest BCUT2D eigenvalue weighted by molar-refractivity contribution is 0.1000. The van der Waals surface area contributed by atoms with Crippen LogP contribution in [-0.2, 0) is 0 Å². The molecular weight excluding hydrogens is 382 g/mol. The highest BCUT2D eigenvalue weighted by atomic mass is 16.5. The molecule has 0 saturated heterocycles. The summed E-state index contributed by atoms with van der Waals surface area (Å²) >= 11 is 0. The number of amides is 1. The van der Waals surface area contributed by atoms with Gasteiger partial charge in [0.2, 0.25) is 5.91 Å². The van der Waals surface area contributed by atoms with Gasteiger partial charge in [0, 0.05) is 5.56 Å². The monoisotopic (exact) mass is 415 g/mol. The lowest BCUT2D eigenvalue weighted by Crippen LogP contribution is -2.13. The van der Waals surface area contributed by atoms with Gasteiger partial charge in [-0.25, -0.2) is 0 Å². The van der Waals surface area contributed by atoms with Gasteiger partial charge in [-0.15, -0.1) is 0 Å². The second-order valence-corrected chi connectivity index (χ2v) is 8.98. The summed E-state index contributed by atoms with van der Waals surface area (Å²) in [5.41, 5.74) is 11.9. The summed E-state index contributed by atoms with van der Waals surface area (Å²) in [4.78, 5) is 11.4. The third kappa shape index (κ3) is 5.75. The molecule has 0 aliphatic heterocycles. The lowest BCUT2D eigenvalue weighted by atomic mass is 9.96. The van der Waals surface area contributed by atoms with Gasteiger partial charge in [0.1, 0.15) is 11.9 Å². The molecule has 3 aromatic carbocycles. The van der Waals surface area contributed by atoms with Gasteiger partial charge >= 0.3 is 0 Å². The van der Waals surface area contributed by atoms with Gasteiger partial charge in [-0.05, 0) is 77.3 Å². The van der Waals surface area contributed by atoms with Crippen molar-refractivity contribution in [2.45, 2.75) is 53.1 Å². The number of carbonyl (C=O) groups is 1. The van der Waals surface area contributed by atoms with E-state index in [9.17, 15) is 4.79 Å². The van der Waals surface area contributed by atoms with Crippen molar-refractivity contribution in [3.8, 4) is 16.9 Å². The number of benzene rings is 3. The van der Waals surface area contributed by atoms with Crippen molar-refractivity contribution in [2.75, 3.05) is 0 Å². The molecule has 3 rings (SSSR count). The Morgan fingerprint density at radius 2 is 1.48 bits per heavy atom. The van der Waals surface area contributed by atoms with E-state index in [1.165, 1.54) is 22.3 Å². The molecule has 0 saturated carbocycles. The Bertz CT molecular complexity index is 1020. The molecule has 0 fully saturated rings. The van der Waals surface area contributed by atoms with Gasteiger partial charge in [0.25, 0.3) is 0 Å². The predicted molar refractivity (Wildman–Crippen MR) is 128 cm³/mol. The molecule has 2 N–H and O–H groups in total. The Kier molecular flexibility index (Phi) is 7.17. The zero-order valence-electron chi connectivity index (χ0n) is 19.2. The molecular formula is C28H33NO2. The van der Waals surface area contributed by atoms with Crippen LogP contribution in [0, 0.1) is 12.8 Å². The van der Waals surface area contributed by atoms with Gasteiger partial charge in [-0.2, -0.15) is 0 Å². The van der Waals surface area contributed by atoms with Crippen molar-refractivity contribution in [3.05, 3.63) is 89.0 Å². The van der Waals surface area contributed by atoms with Crippen LogP contribution >= 0.6 is 0 Å². The molecule has 1 atom stereocenters. The average molecular weight is 416 g/mol. The summed E-state index contributed by atoms with van der Waals surface area (Å²) in [5, 5.41) is 0. The summed E-state index contributed by atoms with van der Waals surface area (Å²) in [6.45, 7) is 10.9. The molecule has 0 aromatic heterocycles. The number of primary amides is 1. The number of carbonyl (C=O) groups excluding carboxylic acids is 1. The van der Waals surface area contributed by atoms with Crippen molar-refractivity contribution < 1.29 is 9.53 Å². The minimum atomic E-state index is -0.416. The molecule has 3 heteroatoms. The smallest absolute Gasteiger partial charge is 0.248 e. The molecule has 31 heavy (non-hydrogen) atoms. The fourth-order valence-electron chi connectivity index (χ4n) is 3.79. The maximum atomic E-state index is 11.4. The highest BCUT2D eigenvalue weighted by Gasteiger charge is 2.17. The van der Waals surface area contributed by atoms with Crippen LogP contribution in [0.3, 0.4) is 0 Å². The quantitative estimate of drug-likeness (QED) is 0.428. The van der Waals surface area contributed by atoms with Crippen LogP contribution < -0.4 is 10.5 Å². The first-order valence-corrected chi connectivity index (χ1v) is 11.0. The summed E-state index contributed by atoms with van der Waals surface area (Å²) in [6, 6.07) is 22.5. The lowest BCUT2D eigenvalue weighted by Gasteiger charge is -2.22. The molecule has 3 nitrogen and oxygen atoms in total. The van der Waals surface area contributed by atoms with Gasteiger partial charge in [-0.1, -0.05) is 70.2 Å². The van der Waals surface area contributed by atoms with Crippen LogP contribution in [0.4, 0.5) is 0 Å². The maximum Gasteiger partial charge on any atom is 0.248 e. The van der Waals surface area contributed by atoms with Crippen molar-refractivity contribution in [1.29, 1.82) is 0 Å². The Hall–Kier alpha value is -3.07. The third-order valence-electron chi connectivity index (χ3n) is 5.62. The molecule has 1 amide bonds. The predicted octanol–water partition coefficient (Wildman–Crippen LogP) is 7.05. The molecule has 0 heterocycles. The van der Waals surface area contributed by atoms with E-state index in [0.717, 1.165) is 17.7 Å². The van der Waals surface area contributed by atoms with E-state index in [2.05, 4.69) is 71.0 Å². The van der Waals surface area contributed by atoms with Crippen LogP contribution in [-0.4, -0.2) is 5.91 Å². The van der Waals surface area contributed by atoms with Crippen LogP contribution in [0.2, 0.25) is 0 Å². The fourth-order valence-corrected chi connectivity index (χ4v) is 3.79. The molecule has 0 aliphatic carbocycles. The molecule has 1 unspecified atom stereocenters. The number of nitrogens with two attached hydrogens (primary N) is 1.